The number of hydrogen-bond acceptors (Lipinski definition) is 6. The first-order valence-corrected chi connectivity index (χ1v) is 9.99. The second-order valence-corrected chi connectivity index (χ2v) is 7.87. The molecule has 10 heteroatoms. The third-order valence-electron chi connectivity index (χ3n) is 4.27. The van der Waals surface area contributed by atoms with Crippen LogP contribution in [0.2, 0.25) is 0 Å². The molecule has 28 heavy (non-hydrogen) atoms. The van der Waals surface area contributed by atoms with Gasteiger partial charge in [0, 0.05) is 6.42 Å². The Kier molecular flexibility index (Phi) is 7.11. The lowest BCUT2D eigenvalue weighted by molar-refractivity contribution is -0.161. The van der Waals surface area contributed by atoms with Gasteiger partial charge >= 0.3 is 21.6 Å². The highest BCUT2D eigenvalue weighted by molar-refractivity contribution is 7.87. The third kappa shape index (κ3) is 5.48. The summed E-state index contributed by atoms with van der Waals surface area (Å²) >= 11 is 0. The Balaban J connectivity index is 2.08. The molecule has 1 atom stereocenters. The number of esters is 1. The summed E-state index contributed by atoms with van der Waals surface area (Å²) in [6.45, 7) is 2.00. The van der Waals surface area contributed by atoms with Crippen LogP contribution in [0, 0.1) is 5.41 Å². The van der Waals surface area contributed by atoms with Gasteiger partial charge in [-0.25, -0.2) is 0 Å². The molecule has 0 amide bonds. The second-order valence-electron chi connectivity index (χ2n) is 6.34. The molecule has 1 aromatic rings. The number of benzene rings is 1. The minimum atomic E-state index is -5.73. The predicted octanol–water partition coefficient (Wildman–Crippen LogP) is 3.69. The fourth-order valence-corrected chi connectivity index (χ4v) is 3.27. The smallest absolute Gasteiger partial charge is 0.465 e. The number of halogens is 3. The van der Waals surface area contributed by atoms with Crippen LogP contribution in [0.15, 0.2) is 42.2 Å². The van der Waals surface area contributed by atoms with Gasteiger partial charge in [0.2, 0.25) is 0 Å². The topological polar surface area (TPSA) is 78.9 Å². The highest BCUT2D eigenvalue weighted by atomic mass is 32.2. The van der Waals surface area contributed by atoms with Crippen LogP contribution in [0.4, 0.5) is 13.2 Å². The van der Waals surface area contributed by atoms with Crippen molar-refractivity contribution >= 4 is 16.1 Å². The Morgan fingerprint density at radius 3 is 2.43 bits per heavy atom. The third-order valence-corrected chi connectivity index (χ3v) is 5.27. The van der Waals surface area contributed by atoms with Crippen LogP contribution in [0.1, 0.15) is 31.7 Å². The fraction of sp³-hybridized carbons (Fsp3) is 0.500. The SMILES string of the molecule is CCOC(=O)C1(COCc2ccccc2)CC=C(OS(=O)(=O)C(F)(F)F)CC1. The monoisotopic (exact) mass is 422 g/mol. The lowest BCUT2D eigenvalue weighted by Gasteiger charge is -2.33. The van der Waals surface area contributed by atoms with E-state index < -0.39 is 27.0 Å². The molecular formula is C18H21F3O6S. The lowest BCUT2D eigenvalue weighted by Crippen LogP contribution is -2.39. The molecule has 6 nitrogen and oxygen atoms in total. The van der Waals surface area contributed by atoms with Crippen molar-refractivity contribution in [3.05, 3.63) is 47.7 Å². The summed E-state index contributed by atoms with van der Waals surface area (Å²) in [5.41, 5.74) is -5.73. The highest BCUT2D eigenvalue weighted by Crippen LogP contribution is 2.39. The van der Waals surface area contributed by atoms with Gasteiger partial charge in [0.1, 0.15) is 5.76 Å². The molecule has 1 unspecified atom stereocenters. The first-order chi connectivity index (χ1) is 13.1. The molecule has 0 bridgehead atoms. The average molecular weight is 422 g/mol. The largest absolute Gasteiger partial charge is 0.534 e. The molecule has 0 heterocycles. The lowest BCUT2D eigenvalue weighted by atomic mass is 9.77. The van der Waals surface area contributed by atoms with Crippen molar-refractivity contribution in [2.24, 2.45) is 5.41 Å². The molecule has 0 radical (unpaired) electrons. The number of allylic oxidation sites excluding steroid dienone is 2. The van der Waals surface area contributed by atoms with Gasteiger partial charge in [-0.3, -0.25) is 4.79 Å². The van der Waals surface area contributed by atoms with E-state index >= 15 is 0 Å². The molecule has 0 N–H and O–H groups in total. The Bertz CT molecular complexity index is 804. The minimum absolute atomic E-state index is 0.0173. The Morgan fingerprint density at radius 1 is 1.21 bits per heavy atom. The second kappa shape index (κ2) is 8.95. The zero-order valence-corrected chi connectivity index (χ0v) is 16.0. The first-order valence-electron chi connectivity index (χ1n) is 8.58. The van der Waals surface area contributed by atoms with Crippen LogP contribution in [0.25, 0.3) is 0 Å². The summed E-state index contributed by atoms with van der Waals surface area (Å²) in [4.78, 5) is 12.4. The zero-order valence-electron chi connectivity index (χ0n) is 15.2. The molecule has 0 aliphatic heterocycles. The van der Waals surface area contributed by atoms with Crippen LogP contribution >= 0.6 is 0 Å². The van der Waals surface area contributed by atoms with Crippen molar-refractivity contribution in [2.75, 3.05) is 13.2 Å². The molecule has 0 saturated heterocycles. The molecule has 0 fully saturated rings. The van der Waals surface area contributed by atoms with E-state index in [1.807, 2.05) is 30.3 Å². The van der Waals surface area contributed by atoms with Crippen LogP contribution < -0.4 is 0 Å². The van der Waals surface area contributed by atoms with Gasteiger partial charge in [-0.15, -0.1) is 0 Å². The van der Waals surface area contributed by atoms with Crippen LogP contribution in [-0.4, -0.2) is 33.1 Å². The maximum Gasteiger partial charge on any atom is 0.534 e. The van der Waals surface area contributed by atoms with Gasteiger partial charge in [-0.1, -0.05) is 30.3 Å². The van der Waals surface area contributed by atoms with E-state index in [1.54, 1.807) is 6.92 Å². The van der Waals surface area contributed by atoms with E-state index in [9.17, 15) is 26.4 Å². The van der Waals surface area contributed by atoms with Crippen LogP contribution in [0.5, 0.6) is 0 Å². The molecule has 2 rings (SSSR count). The van der Waals surface area contributed by atoms with Crippen LogP contribution in [-0.2, 0) is 35.2 Å². The van der Waals surface area contributed by atoms with Gasteiger partial charge in [0.05, 0.1) is 25.2 Å². The summed E-state index contributed by atoms with van der Waals surface area (Å²) in [6, 6.07) is 9.24. The van der Waals surface area contributed by atoms with Crippen molar-refractivity contribution in [3.8, 4) is 0 Å². The van der Waals surface area contributed by atoms with Crippen molar-refractivity contribution in [1.29, 1.82) is 0 Å². The molecule has 1 aliphatic rings. The predicted molar refractivity (Wildman–Crippen MR) is 93.2 cm³/mol. The van der Waals surface area contributed by atoms with Gasteiger partial charge in [0.25, 0.3) is 0 Å². The van der Waals surface area contributed by atoms with Gasteiger partial charge in [-0.05, 0) is 31.4 Å². The Morgan fingerprint density at radius 2 is 1.89 bits per heavy atom. The maximum absolute atomic E-state index is 12.5. The number of carbonyl (C=O) groups excluding carboxylic acids is 1. The van der Waals surface area contributed by atoms with E-state index in [-0.39, 0.29) is 44.8 Å². The molecule has 156 valence electrons. The van der Waals surface area contributed by atoms with Crippen molar-refractivity contribution in [3.63, 3.8) is 0 Å². The summed E-state index contributed by atoms with van der Waals surface area (Å²) < 4.78 is 74.6. The minimum Gasteiger partial charge on any atom is -0.465 e. The van der Waals surface area contributed by atoms with E-state index in [0.29, 0.717) is 0 Å². The maximum atomic E-state index is 12.5. The van der Waals surface area contributed by atoms with E-state index in [1.165, 1.54) is 6.08 Å². The van der Waals surface area contributed by atoms with Crippen LogP contribution in [0.3, 0.4) is 0 Å². The Hall–Kier alpha value is -2.07. The number of ether oxygens (including phenoxy) is 2. The molecular weight excluding hydrogens is 401 g/mol. The normalized spacial score (nSPS) is 20.4. The molecule has 1 aliphatic carbocycles. The quantitative estimate of drug-likeness (QED) is 0.361. The van der Waals surface area contributed by atoms with Gasteiger partial charge < -0.3 is 13.7 Å². The first kappa shape index (κ1) is 22.2. The Labute approximate surface area is 161 Å². The number of carbonyl (C=O) groups is 1. The van der Waals surface area contributed by atoms with Crippen molar-refractivity contribution < 1.29 is 40.0 Å². The van der Waals surface area contributed by atoms with Crippen molar-refractivity contribution in [1.82, 2.24) is 0 Å². The number of hydrogen-bond donors (Lipinski definition) is 0. The summed E-state index contributed by atoms with van der Waals surface area (Å²) in [6.07, 6.45) is 1.00. The highest BCUT2D eigenvalue weighted by Gasteiger charge is 2.50. The standard InChI is InChI=1S/C18H21F3O6S/c1-2-26-16(22)17(13-25-12-14-6-4-3-5-7-14)10-8-15(9-11-17)27-28(23,24)18(19,20)21/h3-8H,2,9-13H2,1H3. The van der Waals surface area contributed by atoms with E-state index in [4.69, 9.17) is 9.47 Å². The fourth-order valence-electron chi connectivity index (χ4n) is 2.74. The molecule has 0 spiro atoms. The van der Waals surface area contributed by atoms with E-state index in [2.05, 4.69) is 4.18 Å². The number of rotatable bonds is 8. The number of alkyl halides is 3. The summed E-state index contributed by atoms with van der Waals surface area (Å²) in [5, 5.41) is 0. The average Bonchev–Trinajstić information content (AvgIpc) is 2.63. The molecule has 1 aromatic carbocycles. The molecule has 0 saturated carbocycles. The van der Waals surface area contributed by atoms with Gasteiger partial charge in [-0.2, -0.15) is 21.6 Å². The summed E-state index contributed by atoms with van der Waals surface area (Å²) in [5.74, 6) is -0.891. The van der Waals surface area contributed by atoms with E-state index in [0.717, 1.165) is 5.56 Å². The van der Waals surface area contributed by atoms with Gasteiger partial charge in [0.15, 0.2) is 0 Å². The molecule has 0 aromatic heterocycles. The van der Waals surface area contributed by atoms with Crippen molar-refractivity contribution in [2.45, 2.75) is 38.3 Å². The summed E-state index contributed by atoms with van der Waals surface area (Å²) in [7, 11) is -5.73. The zero-order chi connectivity index (χ0) is 20.8.